The van der Waals surface area contributed by atoms with E-state index in [4.69, 9.17) is 5.26 Å². The minimum atomic E-state index is 0.0691. The number of anilines is 1. The van der Waals surface area contributed by atoms with Crippen LogP contribution in [-0.4, -0.2) is 32.0 Å². The first-order chi connectivity index (χ1) is 10.7. The van der Waals surface area contributed by atoms with Crippen molar-refractivity contribution < 1.29 is 4.79 Å². The highest BCUT2D eigenvalue weighted by atomic mass is 16.1. The van der Waals surface area contributed by atoms with E-state index in [1.807, 2.05) is 13.1 Å². The first-order valence-corrected chi connectivity index (χ1v) is 7.33. The molecule has 0 radical (unpaired) electrons. The number of aryl methyl sites for hydroxylation is 1. The molecule has 0 atom stereocenters. The zero-order valence-electron chi connectivity index (χ0n) is 12.4. The van der Waals surface area contributed by atoms with Gasteiger partial charge in [-0.15, -0.1) is 0 Å². The molecule has 0 aromatic carbocycles. The van der Waals surface area contributed by atoms with E-state index in [2.05, 4.69) is 20.4 Å². The van der Waals surface area contributed by atoms with Gasteiger partial charge in [0.15, 0.2) is 17.0 Å². The van der Waals surface area contributed by atoms with Crippen LogP contribution in [0.5, 0.6) is 0 Å². The molecule has 0 aliphatic heterocycles. The monoisotopic (exact) mass is 299 g/mol. The van der Waals surface area contributed by atoms with Gasteiger partial charge in [-0.1, -0.05) is 19.3 Å². The molecule has 1 aliphatic rings. The van der Waals surface area contributed by atoms with Crippen LogP contribution in [0.1, 0.15) is 37.9 Å². The number of rotatable bonds is 4. The van der Waals surface area contributed by atoms with Crippen LogP contribution in [0.4, 0.5) is 5.82 Å². The van der Waals surface area contributed by atoms with Gasteiger partial charge >= 0.3 is 0 Å². The molecule has 2 heterocycles. The lowest BCUT2D eigenvalue weighted by atomic mass is 9.95. The number of hydrogen-bond donors (Lipinski definition) is 1. The van der Waals surface area contributed by atoms with Crippen molar-refractivity contribution in [2.24, 2.45) is 7.05 Å². The van der Waals surface area contributed by atoms with Crippen molar-refractivity contribution in [3.8, 4) is 6.07 Å². The normalized spacial score (nSPS) is 15.5. The first-order valence-electron chi connectivity index (χ1n) is 7.33. The Kier molecular flexibility index (Phi) is 3.87. The van der Waals surface area contributed by atoms with E-state index in [0.717, 1.165) is 25.7 Å². The Morgan fingerprint density at radius 3 is 2.86 bits per heavy atom. The number of nitrogens with zero attached hydrogens (tertiary/aromatic N) is 6. The molecule has 1 aliphatic carbocycles. The van der Waals surface area contributed by atoms with Gasteiger partial charge in [0.05, 0.1) is 12.4 Å². The lowest BCUT2D eigenvalue weighted by Crippen LogP contribution is -2.47. The number of fused-ring (bicyclic) bond motifs is 1. The van der Waals surface area contributed by atoms with Crippen LogP contribution in [0.15, 0.2) is 6.33 Å². The van der Waals surface area contributed by atoms with Crippen molar-refractivity contribution in [1.29, 1.82) is 5.26 Å². The second kappa shape index (κ2) is 5.97. The molecule has 114 valence electrons. The molecule has 1 fully saturated rings. The summed E-state index contributed by atoms with van der Waals surface area (Å²) in [4.78, 5) is 23.8. The van der Waals surface area contributed by atoms with Gasteiger partial charge in [0.25, 0.3) is 0 Å². The molecule has 0 saturated heterocycles. The van der Waals surface area contributed by atoms with Gasteiger partial charge in [-0.25, -0.2) is 4.98 Å². The minimum absolute atomic E-state index is 0.0691. The summed E-state index contributed by atoms with van der Waals surface area (Å²) in [6.07, 6.45) is 7.65. The summed E-state index contributed by atoms with van der Waals surface area (Å²) < 4.78 is 1.74. The van der Waals surface area contributed by atoms with Gasteiger partial charge in [0.1, 0.15) is 6.07 Å². The molecular weight excluding hydrogens is 282 g/mol. The van der Waals surface area contributed by atoms with Crippen molar-refractivity contribution in [2.45, 2.75) is 38.1 Å². The van der Waals surface area contributed by atoms with Gasteiger partial charge < -0.3 is 4.57 Å². The lowest BCUT2D eigenvalue weighted by molar-refractivity contribution is -0.109. The highest BCUT2D eigenvalue weighted by Crippen LogP contribution is 2.28. The fourth-order valence-corrected chi connectivity index (χ4v) is 2.95. The number of nitrogens with one attached hydrogen (secondary N) is 1. The SMILES string of the molecule is Cn1cnc2c(N(NC=O)C3CCCCC3)nc(C#N)nc21. The van der Waals surface area contributed by atoms with Crippen LogP contribution in [-0.2, 0) is 11.8 Å². The summed E-state index contributed by atoms with van der Waals surface area (Å²) in [5.74, 6) is 0.556. The zero-order chi connectivity index (χ0) is 15.5. The predicted molar refractivity (Wildman–Crippen MR) is 79.6 cm³/mol. The highest BCUT2D eigenvalue weighted by Gasteiger charge is 2.26. The average Bonchev–Trinajstić information content (AvgIpc) is 2.94. The molecule has 22 heavy (non-hydrogen) atoms. The molecule has 0 bridgehead atoms. The molecule has 0 unspecified atom stereocenters. The fraction of sp³-hybridized carbons (Fsp3) is 0.500. The number of hydrogen-bond acceptors (Lipinski definition) is 6. The van der Waals surface area contributed by atoms with E-state index >= 15 is 0 Å². The molecule has 8 heteroatoms. The summed E-state index contributed by atoms with van der Waals surface area (Å²) in [5.41, 5.74) is 3.89. The molecular formula is C14H17N7O. The lowest BCUT2D eigenvalue weighted by Gasteiger charge is -2.33. The van der Waals surface area contributed by atoms with Crippen LogP contribution in [0, 0.1) is 11.3 Å². The quantitative estimate of drug-likeness (QED) is 0.668. The summed E-state index contributed by atoms with van der Waals surface area (Å²) >= 11 is 0. The van der Waals surface area contributed by atoms with Crippen LogP contribution in [0.25, 0.3) is 11.2 Å². The topological polar surface area (TPSA) is 99.7 Å². The third-order valence-electron chi connectivity index (χ3n) is 4.00. The number of nitriles is 1. The number of hydrazine groups is 1. The third-order valence-corrected chi connectivity index (χ3v) is 4.00. The Morgan fingerprint density at radius 1 is 1.41 bits per heavy atom. The van der Waals surface area contributed by atoms with Crippen molar-refractivity contribution in [3.05, 3.63) is 12.2 Å². The molecule has 8 nitrogen and oxygen atoms in total. The summed E-state index contributed by atoms with van der Waals surface area (Å²) in [5, 5.41) is 10.9. The Labute approximate surface area is 127 Å². The van der Waals surface area contributed by atoms with E-state index in [0.29, 0.717) is 23.4 Å². The van der Waals surface area contributed by atoms with E-state index < -0.39 is 0 Å². The molecule has 1 N–H and O–H groups in total. The summed E-state index contributed by atoms with van der Waals surface area (Å²) in [6, 6.07) is 2.13. The van der Waals surface area contributed by atoms with E-state index in [1.165, 1.54) is 6.42 Å². The van der Waals surface area contributed by atoms with E-state index in [1.54, 1.807) is 15.9 Å². The summed E-state index contributed by atoms with van der Waals surface area (Å²) in [6.45, 7) is 0. The molecule has 3 rings (SSSR count). The van der Waals surface area contributed by atoms with Gasteiger partial charge in [0, 0.05) is 7.05 Å². The van der Waals surface area contributed by atoms with Gasteiger partial charge in [0.2, 0.25) is 12.2 Å². The Hall–Kier alpha value is -2.69. The molecule has 1 amide bonds. The molecule has 0 spiro atoms. The number of carbonyl (C=O) groups is 1. The van der Waals surface area contributed by atoms with Crippen molar-refractivity contribution in [2.75, 3.05) is 5.01 Å². The van der Waals surface area contributed by atoms with Gasteiger partial charge in [-0.05, 0) is 12.8 Å². The maximum atomic E-state index is 11.0. The van der Waals surface area contributed by atoms with Crippen molar-refractivity contribution >= 4 is 23.4 Å². The fourth-order valence-electron chi connectivity index (χ4n) is 2.95. The standard InChI is InChI=1S/C14H17N7O/c1-20-8-16-12-13(20)18-11(7-15)19-14(12)21(17-9-22)10-5-3-2-4-6-10/h8-10H,2-6H2,1H3,(H,17,22). The predicted octanol–water partition coefficient (Wildman–Crippen LogP) is 1.04. The molecule has 2 aromatic rings. The second-order valence-corrected chi connectivity index (χ2v) is 5.42. The number of aromatic nitrogens is 4. The van der Waals surface area contributed by atoms with E-state index in [-0.39, 0.29) is 11.9 Å². The van der Waals surface area contributed by atoms with Crippen LogP contribution >= 0.6 is 0 Å². The molecule has 1 saturated carbocycles. The molecule has 2 aromatic heterocycles. The average molecular weight is 299 g/mol. The van der Waals surface area contributed by atoms with Crippen LogP contribution in [0.2, 0.25) is 0 Å². The number of carbonyl (C=O) groups excluding carboxylic acids is 1. The maximum absolute atomic E-state index is 11.0. The van der Waals surface area contributed by atoms with Crippen LogP contribution in [0.3, 0.4) is 0 Å². The van der Waals surface area contributed by atoms with Crippen LogP contribution < -0.4 is 10.4 Å². The Bertz CT molecular complexity index is 727. The van der Waals surface area contributed by atoms with Crippen molar-refractivity contribution in [1.82, 2.24) is 24.9 Å². The highest BCUT2D eigenvalue weighted by molar-refractivity contribution is 5.84. The zero-order valence-corrected chi connectivity index (χ0v) is 12.4. The van der Waals surface area contributed by atoms with E-state index in [9.17, 15) is 4.79 Å². The maximum Gasteiger partial charge on any atom is 0.236 e. The van der Waals surface area contributed by atoms with Gasteiger partial charge in [-0.2, -0.15) is 15.2 Å². The Morgan fingerprint density at radius 2 is 2.18 bits per heavy atom. The minimum Gasteiger partial charge on any atom is -0.318 e. The van der Waals surface area contributed by atoms with Gasteiger partial charge in [-0.3, -0.25) is 15.2 Å². The second-order valence-electron chi connectivity index (χ2n) is 5.42. The smallest absolute Gasteiger partial charge is 0.236 e. The van der Waals surface area contributed by atoms with Crippen molar-refractivity contribution in [3.63, 3.8) is 0 Å². The number of amides is 1. The largest absolute Gasteiger partial charge is 0.318 e. The Balaban J connectivity index is 2.11. The first kappa shape index (κ1) is 14.3. The third kappa shape index (κ3) is 2.45. The summed E-state index contributed by atoms with van der Waals surface area (Å²) in [7, 11) is 1.81. The number of imidazole rings is 1.